The van der Waals surface area contributed by atoms with Gasteiger partial charge in [0.05, 0.1) is 6.04 Å². The molecule has 0 saturated carbocycles. The summed E-state index contributed by atoms with van der Waals surface area (Å²) in [5.74, 6) is -2.34. The molecule has 1 fully saturated rings. The van der Waals surface area contributed by atoms with Gasteiger partial charge in [-0.05, 0) is 28.8 Å². The number of nitrogens with zero attached hydrogens (tertiary/aromatic N) is 1. The first kappa shape index (κ1) is 28.4. The highest BCUT2D eigenvalue weighted by molar-refractivity contribution is 6.30. The number of carbonyl (C=O) groups excluding carboxylic acids is 2. The van der Waals surface area contributed by atoms with Crippen molar-refractivity contribution in [3.63, 3.8) is 0 Å². The summed E-state index contributed by atoms with van der Waals surface area (Å²) >= 11 is 6.08. The van der Waals surface area contributed by atoms with E-state index >= 15 is 13.2 Å². The lowest BCUT2D eigenvalue weighted by Crippen LogP contribution is -2.61. The summed E-state index contributed by atoms with van der Waals surface area (Å²) in [5.41, 5.74) is -2.62. The molecule has 9 heteroatoms. The molecule has 1 unspecified atom stereocenters. The van der Waals surface area contributed by atoms with Crippen LogP contribution in [0, 0.1) is 0 Å². The van der Waals surface area contributed by atoms with E-state index in [1.165, 1.54) is 54.6 Å². The molecule has 0 bridgehead atoms. The highest BCUT2D eigenvalue weighted by atomic mass is 35.5. The molecule has 0 N–H and O–H groups in total. The minimum Gasteiger partial charge on any atom is -0.453 e. The Morgan fingerprint density at radius 2 is 1.29 bits per heavy atom. The lowest BCUT2D eigenvalue weighted by atomic mass is 9.84. The van der Waals surface area contributed by atoms with Crippen LogP contribution in [0.3, 0.4) is 0 Å². The Kier molecular flexibility index (Phi) is 7.89. The van der Waals surface area contributed by atoms with Gasteiger partial charge in [0.25, 0.3) is 11.5 Å². The second kappa shape index (κ2) is 11.4. The predicted octanol–water partition coefficient (Wildman–Crippen LogP) is 7.35. The van der Waals surface area contributed by atoms with E-state index in [2.05, 4.69) is 0 Å². The Hall–Kier alpha value is -4.14. The van der Waals surface area contributed by atoms with Gasteiger partial charge in [-0.15, -0.1) is 0 Å². The van der Waals surface area contributed by atoms with Gasteiger partial charge in [0.2, 0.25) is 0 Å². The lowest BCUT2D eigenvalue weighted by molar-refractivity contribution is -0.275. The SMILES string of the molecule is COC(C(=O)N1[C@H](c2ccc(Cl)cc2)C(=O)O[C@H](c2ccccc2)[C@@H]1c1ccccc1)(c1ccccc1)C(F)(F)F. The number of esters is 1. The summed E-state index contributed by atoms with van der Waals surface area (Å²) in [5, 5.41) is 0.350. The minimum atomic E-state index is -5.20. The summed E-state index contributed by atoms with van der Waals surface area (Å²) in [4.78, 5) is 29.5. The molecule has 0 aromatic heterocycles. The van der Waals surface area contributed by atoms with Gasteiger partial charge in [-0.2, -0.15) is 13.2 Å². The zero-order valence-electron chi connectivity index (χ0n) is 21.8. The number of ether oxygens (including phenoxy) is 2. The van der Waals surface area contributed by atoms with Crippen LogP contribution in [0.4, 0.5) is 13.2 Å². The van der Waals surface area contributed by atoms with Crippen molar-refractivity contribution < 1.29 is 32.2 Å². The van der Waals surface area contributed by atoms with Crippen LogP contribution in [-0.4, -0.2) is 30.1 Å². The number of methoxy groups -OCH3 is 1. The van der Waals surface area contributed by atoms with Crippen molar-refractivity contribution in [2.24, 2.45) is 0 Å². The van der Waals surface area contributed by atoms with E-state index in [-0.39, 0.29) is 5.56 Å². The smallest absolute Gasteiger partial charge is 0.430 e. The summed E-state index contributed by atoms with van der Waals surface area (Å²) in [6.45, 7) is 0. The predicted molar refractivity (Wildman–Crippen MR) is 147 cm³/mol. The number of halogens is 4. The Balaban J connectivity index is 1.81. The molecule has 1 aliphatic heterocycles. The Morgan fingerprint density at radius 1 is 0.780 bits per heavy atom. The molecule has 0 aliphatic carbocycles. The van der Waals surface area contributed by atoms with Crippen LogP contribution in [-0.2, 0) is 24.7 Å². The highest BCUT2D eigenvalue weighted by Crippen LogP contribution is 2.51. The molecule has 4 atom stereocenters. The largest absolute Gasteiger partial charge is 0.453 e. The van der Waals surface area contributed by atoms with Crippen LogP contribution in [0.2, 0.25) is 5.02 Å². The van der Waals surface area contributed by atoms with Crippen molar-refractivity contribution in [3.8, 4) is 0 Å². The Morgan fingerprint density at radius 3 is 1.80 bits per heavy atom. The first-order valence-corrected chi connectivity index (χ1v) is 13.1. The van der Waals surface area contributed by atoms with Crippen LogP contribution < -0.4 is 0 Å². The van der Waals surface area contributed by atoms with Crippen molar-refractivity contribution in [2.75, 3.05) is 7.11 Å². The standard InChI is InChI=1S/C32H25ClF3NO4/c1-40-31(32(34,35)36,24-15-9-4-10-16-24)30(39)37-26(21-11-5-2-6-12-21)28(23-13-7-3-8-14-23)41-29(38)27(37)22-17-19-25(33)20-18-22/h2-20,26-28H,1H3/t26-,27+,28+,31?/m0/s1. The monoisotopic (exact) mass is 579 g/mol. The number of carbonyl (C=O) groups is 2. The van der Waals surface area contributed by atoms with Crippen LogP contribution in [0.5, 0.6) is 0 Å². The molecule has 4 aromatic carbocycles. The second-order valence-corrected chi connectivity index (χ2v) is 9.98. The van der Waals surface area contributed by atoms with Gasteiger partial charge in [0.15, 0.2) is 12.1 Å². The molecule has 0 spiro atoms. The van der Waals surface area contributed by atoms with Crippen molar-refractivity contribution >= 4 is 23.5 Å². The van der Waals surface area contributed by atoms with E-state index in [4.69, 9.17) is 21.1 Å². The second-order valence-electron chi connectivity index (χ2n) is 9.54. The number of morpholine rings is 1. The van der Waals surface area contributed by atoms with Crippen LogP contribution in [0.25, 0.3) is 0 Å². The third kappa shape index (κ3) is 5.09. The molecule has 1 aliphatic rings. The molecule has 1 heterocycles. The Bertz CT molecular complexity index is 1500. The summed E-state index contributed by atoms with van der Waals surface area (Å²) in [7, 11) is 0.837. The maximum atomic E-state index is 15.2. The molecule has 0 radical (unpaired) electrons. The number of cyclic esters (lactones) is 1. The van der Waals surface area contributed by atoms with Crippen molar-refractivity contribution in [3.05, 3.63) is 143 Å². The Labute approximate surface area is 240 Å². The number of amides is 1. The fraction of sp³-hybridized carbons (Fsp3) is 0.188. The average Bonchev–Trinajstić information content (AvgIpc) is 2.98. The van der Waals surface area contributed by atoms with Gasteiger partial charge in [-0.25, -0.2) is 4.79 Å². The molecule has 41 heavy (non-hydrogen) atoms. The van der Waals surface area contributed by atoms with E-state index in [1.807, 2.05) is 0 Å². The van der Waals surface area contributed by atoms with Crippen molar-refractivity contribution in [1.29, 1.82) is 0 Å². The van der Waals surface area contributed by atoms with Gasteiger partial charge in [0, 0.05) is 17.7 Å². The topological polar surface area (TPSA) is 55.8 Å². The molecule has 4 aromatic rings. The van der Waals surface area contributed by atoms with E-state index < -0.39 is 47.4 Å². The molecule has 1 amide bonds. The zero-order valence-corrected chi connectivity index (χ0v) is 22.5. The van der Waals surface area contributed by atoms with Gasteiger partial charge in [-0.1, -0.05) is 115 Å². The molecule has 210 valence electrons. The van der Waals surface area contributed by atoms with Gasteiger partial charge < -0.3 is 14.4 Å². The zero-order chi connectivity index (χ0) is 29.2. The quantitative estimate of drug-likeness (QED) is 0.224. The first-order valence-electron chi connectivity index (χ1n) is 12.7. The van der Waals surface area contributed by atoms with Gasteiger partial charge >= 0.3 is 12.1 Å². The fourth-order valence-electron chi connectivity index (χ4n) is 5.32. The third-order valence-corrected chi connectivity index (χ3v) is 7.46. The first-order chi connectivity index (χ1) is 19.7. The highest BCUT2D eigenvalue weighted by Gasteiger charge is 2.66. The van der Waals surface area contributed by atoms with E-state index in [0.29, 0.717) is 16.1 Å². The van der Waals surface area contributed by atoms with E-state index in [1.54, 1.807) is 60.7 Å². The molecular weight excluding hydrogens is 555 g/mol. The molecule has 1 saturated heterocycles. The van der Waals surface area contributed by atoms with Crippen molar-refractivity contribution in [2.45, 2.75) is 30.0 Å². The number of hydrogen-bond acceptors (Lipinski definition) is 4. The van der Waals surface area contributed by atoms with Crippen LogP contribution in [0.15, 0.2) is 115 Å². The summed E-state index contributed by atoms with van der Waals surface area (Å²) in [6.07, 6.45) is -6.31. The van der Waals surface area contributed by atoms with E-state index in [9.17, 15) is 9.59 Å². The lowest BCUT2D eigenvalue weighted by Gasteiger charge is -2.48. The number of alkyl halides is 3. The third-order valence-electron chi connectivity index (χ3n) is 7.21. The number of benzene rings is 4. The average molecular weight is 580 g/mol. The van der Waals surface area contributed by atoms with Crippen molar-refractivity contribution in [1.82, 2.24) is 4.90 Å². The summed E-state index contributed by atoms with van der Waals surface area (Å²) in [6, 6.07) is 27.1. The molecule has 5 nitrogen and oxygen atoms in total. The maximum absolute atomic E-state index is 15.2. The molecule has 5 rings (SSSR count). The summed E-state index contributed by atoms with van der Waals surface area (Å²) < 4.78 is 56.7. The minimum absolute atomic E-state index is 0.237. The normalized spacial score (nSPS) is 20.7. The molecular formula is C32H25ClF3NO4. The maximum Gasteiger partial charge on any atom is 0.430 e. The van der Waals surface area contributed by atoms with Crippen LogP contribution >= 0.6 is 11.6 Å². The van der Waals surface area contributed by atoms with Gasteiger partial charge in [0.1, 0.15) is 0 Å². The number of rotatable bonds is 6. The van der Waals surface area contributed by atoms with Gasteiger partial charge in [-0.3, -0.25) is 4.79 Å². The fourth-order valence-corrected chi connectivity index (χ4v) is 5.45. The van der Waals surface area contributed by atoms with Crippen LogP contribution in [0.1, 0.15) is 40.4 Å². The number of hydrogen-bond donors (Lipinski definition) is 0. The van der Waals surface area contributed by atoms with E-state index in [0.717, 1.165) is 12.0 Å².